The first-order valence-electron chi connectivity index (χ1n) is 25.2. The Morgan fingerprint density at radius 3 is 1.44 bits per heavy atom. The van der Waals surface area contributed by atoms with Crippen molar-refractivity contribution in [2.45, 2.75) is 225 Å². The predicted octanol–water partition coefficient (Wildman–Crippen LogP) is 14.6. The van der Waals surface area contributed by atoms with Crippen molar-refractivity contribution in [1.82, 2.24) is 5.32 Å². The number of rotatable bonds is 45. The summed E-state index contributed by atoms with van der Waals surface area (Å²) in [6, 6.07) is -0.862. The summed E-state index contributed by atoms with van der Waals surface area (Å²) in [7, 11) is 1.55. The molecule has 0 aromatic heterocycles. The highest BCUT2D eigenvalue weighted by molar-refractivity contribution is 7.47. The number of carbonyl (C=O) groups excluding carboxylic acids is 1. The average molecular weight is 878 g/mol. The van der Waals surface area contributed by atoms with Gasteiger partial charge in [-0.25, -0.2) is 4.57 Å². The molecule has 3 atom stereocenters. The van der Waals surface area contributed by atoms with Crippen molar-refractivity contribution in [2.75, 3.05) is 40.9 Å². The molecule has 0 rings (SSSR count). The van der Waals surface area contributed by atoms with E-state index in [1.807, 2.05) is 27.2 Å². The zero-order chi connectivity index (χ0) is 45.0. The van der Waals surface area contributed by atoms with E-state index < -0.39 is 20.0 Å². The molecule has 0 bridgehead atoms. The number of nitrogens with zero attached hydrogens (tertiary/aromatic N) is 1. The summed E-state index contributed by atoms with van der Waals surface area (Å²) in [5.74, 6) is -0.201. The van der Waals surface area contributed by atoms with Crippen molar-refractivity contribution in [1.29, 1.82) is 0 Å². The van der Waals surface area contributed by atoms with Gasteiger partial charge in [-0.1, -0.05) is 209 Å². The van der Waals surface area contributed by atoms with E-state index in [1.54, 1.807) is 6.08 Å². The molecule has 0 saturated heterocycles. The lowest BCUT2D eigenvalue weighted by Gasteiger charge is -2.25. The molecule has 0 aliphatic rings. The van der Waals surface area contributed by atoms with E-state index in [0.29, 0.717) is 17.4 Å². The SMILES string of the molecule is CC/C=C\C/C=C\C/C=C\C/C=C\CCCCCCC(=O)NC(COP(=O)(O)OCC[N+](C)(C)C)C(O)/C=C/CCCCCCCCCCCCCCCCCCCCCC. The van der Waals surface area contributed by atoms with E-state index >= 15 is 0 Å². The van der Waals surface area contributed by atoms with E-state index in [4.69, 9.17) is 9.05 Å². The first-order chi connectivity index (χ1) is 29.5. The van der Waals surface area contributed by atoms with Crippen LogP contribution in [0.15, 0.2) is 60.8 Å². The Morgan fingerprint density at radius 1 is 0.574 bits per heavy atom. The fourth-order valence-electron chi connectivity index (χ4n) is 7.03. The van der Waals surface area contributed by atoms with Gasteiger partial charge in [0.05, 0.1) is 39.9 Å². The Balaban J connectivity index is 4.36. The number of hydrogen-bond acceptors (Lipinski definition) is 5. The van der Waals surface area contributed by atoms with Crippen molar-refractivity contribution < 1.29 is 32.9 Å². The molecule has 356 valence electrons. The maximum atomic E-state index is 12.9. The number of quaternary nitrogens is 1. The number of allylic oxidation sites excluding steroid dienone is 9. The summed E-state index contributed by atoms with van der Waals surface area (Å²) >= 11 is 0. The van der Waals surface area contributed by atoms with Gasteiger partial charge in [-0.3, -0.25) is 13.8 Å². The number of likely N-dealkylation sites (N-methyl/N-ethyl adjacent to an activating group) is 1. The molecule has 0 aliphatic carbocycles. The van der Waals surface area contributed by atoms with Crippen molar-refractivity contribution in [3.05, 3.63) is 60.8 Å². The van der Waals surface area contributed by atoms with Gasteiger partial charge in [0.2, 0.25) is 5.91 Å². The predicted molar refractivity (Wildman–Crippen MR) is 263 cm³/mol. The summed E-state index contributed by atoms with van der Waals surface area (Å²) in [6.07, 6.45) is 57.3. The van der Waals surface area contributed by atoms with E-state index in [9.17, 15) is 19.4 Å². The van der Waals surface area contributed by atoms with Gasteiger partial charge >= 0.3 is 7.82 Å². The third-order valence-electron chi connectivity index (χ3n) is 11.0. The van der Waals surface area contributed by atoms with Crippen LogP contribution < -0.4 is 5.32 Å². The molecule has 0 aromatic rings. The third kappa shape index (κ3) is 46.0. The van der Waals surface area contributed by atoms with Crippen LogP contribution in [0.1, 0.15) is 213 Å². The van der Waals surface area contributed by atoms with Crippen LogP contribution in [0.3, 0.4) is 0 Å². The minimum absolute atomic E-state index is 0.0541. The maximum Gasteiger partial charge on any atom is 0.472 e. The highest BCUT2D eigenvalue weighted by Crippen LogP contribution is 2.43. The van der Waals surface area contributed by atoms with Crippen LogP contribution in [0.25, 0.3) is 0 Å². The largest absolute Gasteiger partial charge is 0.472 e. The lowest BCUT2D eigenvalue weighted by Crippen LogP contribution is -2.45. The molecule has 0 fully saturated rings. The van der Waals surface area contributed by atoms with E-state index in [-0.39, 0.29) is 19.1 Å². The minimum Gasteiger partial charge on any atom is -0.387 e. The number of aliphatic hydroxyl groups is 1. The number of hydrogen-bond donors (Lipinski definition) is 3. The first kappa shape index (κ1) is 59.2. The number of unbranched alkanes of at least 4 members (excludes halogenated alkanes) is 24. The summed E-state index contributed by atoms with van der Waals surface area (Å²) in [5, 5.41) is 13.9. The Labute approximate surface area is 377 Å². The quantitative estimate of drug-likeness (QED) is 0.0244. The molecule has 0 heterocycles. The van der Waals surface area contributed by atoms with Gasteiger partial charge in [-0.15, -0.1) is 0 Å². The lowest BCUT2D eigenvalue weighted by atomic mass is 10.0. The summed E-state index contributed by atoms with van der Waals surface area (Å²) in [6.45, 7) is 4.69. The van der Waals surface area contributed by atoms with Crippen LogP contribution in [0.5, 0.6) is 0 Å². The van der Waals surface area contributed by atoms with Crippen LogP contribution in [-0.2, 0) is 18.4 Å². The smallest absolute Gasteiger partial charge is 0.387 e. The van der Waals surface area contributed by atoms with E-state index in [2.05, 4.69) is 67.8 Å². The molecule has 0 spiro atoms. The molecule has 0 radical (unpaired) electrons. The number of carbonyl (C=O) groups is 1. The van der Waals surface area contributed by atoms with Gasteiger partial charge < -0.3 is 19.8 Å². The van der Waals surface area contributed by atoms with Gasteiger partial charge in [0, 0.05) is 6.42 Å². The molecular formula is C52H98N2O6P+. The molecular weight excluding hydrogens is 780 g/mol. The van der Waals surface area contributed by atoms with E-state index in [1.165, 1.54) is 116 Å². The van der Waals surface area contributed by atoms with Gasteiger partial charge in [-0.2, -0.15) is 0 Å². The standard InChI is InChI=1S/C52H97N2O6P/c1-6-8-10-12-14-16-18-20-22-24-25-26-27-28-30-31-33-35-37-39-41-43-45-51(55)50(49-60-61(57,58)59-48-47-54(3,4)5)53-52(56)46-44-42-40-38-36-34-32-29-23-21-19-17-15-13-11-9-7-2/h9,11,15,17,21,23,32,34,43,45,50-51,55H,6-8,10,12-14,16,18-20,22,24-31,33,35-42,44,46-49H2,1-5H3,(H-,53,56,57,58)/p+1/b11-9-,17-15-,23-21-,34-32-,45-43+. The minimum atomic E-state index is -4.35. The highest BCUT2D eigenvalue weighted by atomic mass is 31.2. The van der Waals surface area contributed by atoms with E-state index in [0.717, 1.165) is 77.0 Å². The number of phosphoric acid groups is 1. The molecule has 1 amide bonds. The monoisotopic (exact) mass is 878 g/mol. The number of amides is 1. The lowest BCUT2D eigenvalue weighted by molar-refractivity contribution is -0.870. The number of aliphatic hydroxyl groups excluding tert-OH is 1. The van der Waals surface area contributed by atoms with Crippen molar-refractivity contribution in [2.24, 2.45) is 0 Å². The third-order valence-corrected chi connectivity index (χ3v) is 12.0. The molecule has 9 heteroatoms. The topological polar surface area (TPSA) is 105 Å². The molecule has 8 nitrogen and oxygen atoms in total. The Hall–Kier alpha value is -1.80. The zero-order valence-electron chi connectivity index (χ0n) is 40.4. The van der Waals surface area contributed by atoms with Gasteiger partial charge in [-0.05, 0) is 57.8 Å². The Bertz CT molecular complexity index is 1180. The van der Waals surface area contributed by atoms with Crippen LogP contribution in [0.2, 0.25) is 0 Å². The molecule has 0 saturated carbocycles. The average Bonchev–Trinajstić information content (AvgIpc) is 3.21. The zero-order valence-corrected chi connectivity index (χ0v) is 41.3. The normalized spacial score (nSPS) is 14.7. The number of nitrogens with one attached hydrogen (secondary N) is 1. The second-order valence-corrected chi connectivity index (χ2v) is 19.6. The summed E-state index contributed by atoms with van der Waals surface area (Å²) < 4.78 is 23.6. The van der Waals surface area contributed by atoms with Crippen molar-refractivity contribution >= 4 is 13.7 Å². The molecule has 3 N–H and O–H groups in total. The molecule has 0 aliphatic heterocycles. The summed E-state index contributed by atoms with van der Waals surface area (Å²) in [4.78, 5) is 23.2. The van der Waals surface area contributed by atoms with Crippen molar-refractivity contribution in [3.63, 3.8) is 0 Å². The van der Waals surface area contributed by atoms with Crippen LogP contribution in [0.4, 0.5) is 0 Å². The van der Waals surface area contributed by atoms with Crippen LogP contribution >= 0.6 is 7.82 Å². The van der Waals surface area contributed by atoms with Crippen LogP contribution in [-0.4, -0.2) is 73.4 Å². The fraction of sp³-hybridized carbons (Fsp3) is 0.788. The van der Waals surface area contributed by atoms with Gasteiger partial charge in [0.1, 0.15) is 13.2 Å². The number of phosphoric ester groups is 1. The second kappa shape index (κ2) is 43.5. The second-order valence-electron chi connectivity index (χ2n) is 18.2. The summed E-state index contributed by atoms with van der Waals surface area (Å²) in [5.41, 5.74) is 0. The van der Waals surface area contributed by atoms with Gasteiger partial charge in [0.15, 0.2) is 0 Å². The molecule has 61 heavy (non-hydrogen) atoms. The van der Waals surface area contributed by atoms with Crippen molar-refractivity contribution in [3.8, 4) is 0 Å². The van der Waals surface area contributed by atoms with Crippen LogP contribution in [0, 0.1) is 0 Å². The molecule has 3 unspecified atom stereocenters. The molecule has 0 aromatic carbocycles. The Morgan fingerprint density at radius 2 is 0.984 bits per heavy atom. The highest BCUT2D eigenvalue weighted by Gasteiger charge is 2.27. The fourth-order valence-corrected chi connectivity index (χ4v) is 7.77. The maximum absolute atomic E-state index is 12.9. The van der Waals surface area contributed by atoms with Gasteiger partial charge in [0.25, 0.3) is 0 Å². The Kier molecular flexibility index (Phi) is 42.2. The first-order valence-corrected chi connectivity index (χ1v) is 26.7.